The minimum Gasteiger partial charge on any atom is -0.353 e. The number of aromatic amines is 1. The second kappa shape index (κ2) is 6.56. The van der Waals surface area contributed by atoms with Gasteiger partial charge in [-0.05, 0) is 50.2 Å². The fourth-order valence-corrected chi connectivity index (χ4v) is 3.91. The summed E-state index contributed by atoms with van der Waals surface area (Å²) in [7, 11) is -3.73. The second-order valence-corrected chi connectivity index (χ2v) is 7.17. The molecule has 0 amide bonds. The molecule has 0 aliphatic heterocycles. The molecule has 6 nitrogen and oxygen atoms in total. The Bertz CT molecular complexity index is 978. The number of nitrogens with one attached hydrogen (secondary N) is 3. The van der Waals surface area contributed by atoms with E-state index in [1.54, 1.807) is 56.3 Å². The summed E-state index contributed by atoms with van der Waals surface area (Å²) in [4.78, 5) is 0.140. The summed E-state index contributed by atoms with van der Waals surface area (Å²) >= 11 is 0. The van der Waals surface area contributed by atoms with Gasteiger partial charge in [0.2, 0.25) is 0 Å². The van der Waals surface area contributed by atoms with Crippen molar-refractivity contribution in [1.29, 1.82) is 0 Å². The van der Waals surface area contributed by atoms with Gasteiger partial charge in [0.25, 0.3) is 10.0 Å². The molecular weight excluding hydrogens is 343 g/mol. The Hall–Kier alpha value is -2.87. The molecule has 0 bridgehead atoms. The maximum Gasteiger partial charge on any atom is 0.265 e. The molecule has 0 radical (unpaired) electrons. The number of nitrogens with zero attached hydrogens (tertiary/aromatic N) is 1. The van der Waals surface area contributed by atoms with Gasteiger partial charge >= 0.3 is 0 Å². The Morgan fingerprint density at radius 2 is 1.64 bits per heavy atom. The number of halogens is 1. The van der Waals surface area contributed by atoms with E-state index in [1.807, 2.05) is 0 Å². The Morgan fingerprint density at radius 3 is 2.24 bits per heavy atom. The number of sulfonamides is 1. The minimum atomic E-state index is -3.73. The number of para-hydroxylation sites is 1. The zero-order valence-electron chi connectivity index (χ0n) is 13.7. The van der Waals surface area contributed by atoms with Crippen LogP contribution in [0.25, 0.3) is 0 Å². The van der Waals surface area contributed by atoms with Crippen LogP contribution in [0.1, 0.15) is 11.4 Å². The van der Waals surface area contributed by atoms with Gasteiger partial charge in [-0.25, -0.2) is 12.8 Å². The molecule has 2 aromatic carbocycles. The Morgan fingerprint density at radius 1 is 1.00 bits per heavy atom. The van der Waals surface area contributed by atoms with Crippen LogP contribution in [-0.4, -0.2) is 18.6 Å². The molecular formula is C17H17FN4O2S. The topological polar surface area (TPSA) is 86.9 Å². The Balaban J connectivity index is 1.78. The molecule has 1 aromatic heterocycles. The third kappa shape index (κ3) is 3.63. The summed E-state index contributed by atoms with van der Waals surface area (Å²) in [6.07, 6.45) is 0. The van der Waals surface area contributed by atoms with Gasteiger partial charge in [0.15, 0.2) is 0 Å². The lowest BCUT2D eigenvalue weighted by molar-refractivity contribution is 0.600. The van der Waals surface area contributed by atoms with E-state index in [4.69, 9.17) is 0 Å². The van der Waals surface area contributed by atoms with Crippen LogP contribution in [0.5, 0.6) is 0 Å². The molecule has 3 rings (SSSR count). The van der Waals surface area contributed by atoms with Crippen LogP contribution in [0.3, 0.4) is 0 Å². The molecule has 0 fully saturated rings. The standard InChI is InChI=1S/C17H17FN4O2S/c1-11-17(12(2)21-20-11)25(23,24)22-14-9-7-13(8-10-14)19-16-6-4-3-5-15(16)18/h3-10,19,22H,1-2H3,(H,20,21). The van der Waals surface area contributed by atoms with Crippen LogP contribution >= 0.6 is 0 Å². The Kier molecular flexibility index (Phi) is 4.45. The van der Waals surface area contributed by atoms with E-state index < -0.39 is 10.0 Å². The van der Waals surface area contributed by atoms with Gasteiger partial charge in [0, 0.05) is 11.4 Å². The van der Waals surface area contributed by atoms with Crippen LogP contribution in [0.2, 0.25) is 0 Å². The number of anilines is 3. The van der Waals surface area contributed by atoms with Crippen molar-refractivity contribution in [3.05, 3.63) is 65.7 Å². The maximum absolute atomic E-state index is 13.6. The highest BCUT2D eigenvalue weighted by Gasteiger charge is 2.22. The minimum absolute atomic E-state index is 0.140. The lowest BCUT2D eigenvalue weighted by Crippen LogP contribution is -2.14. The molecule has 0 unspecified atom stereocenters. The first-order valence-corrected chi connectivity index (χ1v) is 9.01. The third-order valence-electron chi connectivity index (χ3n) is 3.62. The average molecular weight is 360 g/mol. The summed E-state index contributed by atoms with van der Waals surface area (Å²) in [6, 6.07) is 12.9. The van der Waals surface area contributed by atoms with Crippen LogP contribution < -0.4 is 10.0 Å². The molecule has 3 N–H and O–H groups in total. The normalized spacial score (nSPS) is 11.3. The fourth-order valence-electron chi connectivity index (χ4n) is 2.48. The van der Waals surface area contributed by atoms with Gasteiger partial charge in [-0.15, -0.1) is 0 Å². The number of rotatable bonds is 5. The van der Waals surface area contributed by atoms with Crippen LogP contribution in [0, 0.1) is 19.7 Å². The first-order chi connectivity index (χ1) is 11.9. The smallest absolute Gasteiger partial charge is 0.265 e. The van der Waals surface area contributed by atoms with Crippen molar-refractivity contribution in [2.75, 3.05) is 10.0 Å². The zero-order valence-corrected chi connectivity index (χ0v) is 14.5. The molecule has 0 aliphatic rings. The van der Waals surface area contributed by atoms with Crippen molar-refractivity contribution >= 4 is 27.1 Å². The van der Waals surface area contributed by atoms with E-state index in [-0.39, 0.29) is 10.7 Å². The molecule has 8 heteroatoms. The van der Waals surface area contributed by atoms with Crippen LogP contribution in [0.15, 0.2) is 53.4 Å². The van der Waals surface area contributed by atoms with E-state index in [9.17, 15) is 12.8 Å². The number of benzene rings is 2. The zero-order chi connectivity index (χ0) is 18.0. The highest BCUT2D eigenvalue weighted by Crippen LogP contribution is 2.24. The lowest BCUT2D eigenvalue weighted by Gasteiger charge is -2.10. The molecule has 25 heavy (non-hydrogen) atoms. The predicted molar refractivity (Wildman–Crippen MR) is 95.0 cm³/mol. The summed E-state index contributed by atoms with van der Waals surface area (Å²) in [5.74, 6) is -0.363. The largest absolute Gasteiger partial charge is 0.353 e. The quantitative estimate of drug-likeness (QED) is 0.647. The monoisotopic (exact) mass is 360 g/mol. The highest BCUT2D eigenvalue weighted by molar-refractivity contribution is 7.92. The van der Waals surface area contributed by atoms with Gasteiger partial charge in [-0.2, -0.15) is 5.10 Å². The van der Waals surface area contributed by atoms with Crippen molar-refractivity contribution in [3.8, 4) is 0 Å². The van der Waals surface area contributed by atoms with Crippen molar-refractivity contribution in [3.63, 3.8) is 0 Å². The van der Waals surface area contributed by atoms with Crippen molar-refractivity contribution in [2.24, 2.45) is 0 Å². The summed E-state index contributed by atoms with van der Waals surface area (Å²) in [5.41, 5.74) is 2.27. The van der Waals surface area contributed by atoms with Gasteiger partial charge < -0.3 is 5.32 Å². The molecule has 3 aromatic rings. The van der Waals surface area contributed by atoms with Crippen LogP contribution in [0.4, 0.5) is 21.5 Å². The number of aryl methyl sites for hydroxylation is 2. The van der Waals surface area contributed by atoms with E-state index in [1.165, 1.54) is 6.07 Å². The predicted octanol–water partition coefficient (Wildman–Crippen LogP) is 3.71. The van der Waals surface area contributed by atoms with Crippen molar-refractivity contribution in [2.45, 2.75) is 18.7 Å². The number of hydrogen-bond donors (Lipinski definition) is 3. The molecule has 0 spiro atoms. The van der Waals surface area contributed by atoms with Crippen molar-refractivity contribution in [1.82, 2.24) is 10.2 Å². The van der Waals surface area contributed by atoms with Gasteiger partial charge in [0.1, 0.15) is 10.7 Å². The van der Waals surface area contributed by atoms with E-state index >= 15 is 0 Å². The first-order valence-electron chi connectivity index (χ1n) is 7.53. The molecule has 0 aliphatic carbocycles. The lowest BCUT2D eigenvalue weighted by atomic mass is 10.2. The third-order valence-corrected chi connectivity index (χ3v) is 5.26. The van der Waals surface area contributed by atoms with E-state index in [2.05, 4.69) is 20.2 Å². The fraction of sp³-hybridized carbons (Fsp3) is 0.118. The van der Waals surface area contributed by atoms with E-state index in [0.29, 0.717) is 28.5 Å². The molecule has 130 valence electrons. The highest BCUT2D eigenvalue weighted by atomic mass is 32.2. The van der Waals surface area contributed by atoms with Crippen LogP contribution in [-0.2, 0) is 10.0 Å². The molecule has 0 atom stereocenters. The molecule has 0 saturated heterocycles. The maximum atomic E-state index is 13.6. The summed E-state index contributed by atoms with van der Waals surface area (Å²) in [5, 5.41) is 9.50. The molecule has 1 heterocycles. The SMILES string of the molecule is Cc1n[nH]c(C)c1S(=O)(=O)Nc1ccc(Nc2ccccc2F)cc1. The van der Waals surface area contributed by atoms with E-state index in [0.717, 1.165) is 0 Å². The number of H-pyrrole nitrogens is 1. The van der Waals surface area contributed by atoms with Crippen molar-refractivity contribution < 1.29 is 12.8 Å². The van der Waals surface area contributed by atoms with Gasteiger partial charge in [-0.1, -0.05) is 12.1 Å². The van der Waals surface area contributed by atoms with Gasteiger partial charge in [-0.3, -0.25) is 9.82 Å². The van der Waals surface area contributed by atoms with Gasteiger partial charge in [0.05, 0.1) is 17.1 Å². The summed E-state index contributed by atoms with van der Waals surface area (Å²) in [6.45, 7) is 3.27. The second-order valence-electron chi connectivity index (χ2n) is 5.55. The first kappa shape index (κ1) is 17.0. The average Bonchev–Trinajstić information content (AvgIpc) is 2.91. The number of aromatic nitrogens is 2. The molecule has 0 saturated carbocycles. The number of hydrogen-bond acceptors (Lipinski definition) is 4. The summed E-state index contributed by atoms with van der Waals surface area (Å²) < 4.78 is 41.1. The Labute approximate surface area is 145 Å².